The Morgan fingerprint density at radius 2 is 1.86 bits per heavy atom. The SMILES string of the molecule is CCCCC1CCC([C@H]2Cc3cccc(F)c3C2(F)F)CC1. The van der Waals surface area contributed by atoms with Crippen molar-refractivity contribution in [3.8, 4) is 0 Å². The summed E-state index contributed by atoms with van der Waals surface area (Å²) in [5, 5.41) is 0. The molecule has 122 valence electrons. The quantitative estimate of drug-likeness (QED) is 0.631. The van der Waals surface area contributed by atoms with Gasteiger partial charge in [-0.25, -0.2) is 13.2 Å². The zero-order chi connectivity index (χ0) is 15.7. The molecule has 2 aliphatic rings. The smallest absolute Gasteiger partial charge is 0.206 e. The maximum Gasteiger partial charge on any atom is 0.279 e. The van der Waals surface area contributed by atoms with E-state index in [4.69, 9.17) is 0 Å². The summed E-state index contributed by atoms with van der Waals surface area (Å²) >= 11 is 0. The summed E-state index contributed by atoms with van der Waals surface area (Å²) < 4.78 is 43.3. The lowest BCUT2D eigenvalue weighted by Gasteiger charge is -2.34. The van der Waals surface area contributed by atoms with E-state index in [9.17, 15) is 13.2 Å². The molecule has 3 rings (SSSR count). The first-order chi connectivity index (χ1) is 10.5. The highest BCUT2D eigenvalue weighted by atomic mass is 19.3. The van der Waals surface area contributed by atoms with Crippen molar-refractivity contribution < 1.29 is 13.2 Å². The van der Waals surface area contributed by atoms with Crippen molar-refractivity contribution >= 4 is 0 Å². The Hall–Kier alpha value is -0.990. The molecular weight excluding hydrogens is 285 g/mol. The lowest BCUT2D eigenvalue weighted by atomic mass is 9.73. The van der Waals surface area contributed by atoms with Gasteiger partial charge in [-0.3, -0.25) is 0 Å². The molecule has 0 N–H and O–H groups in total. The molecule has 3 heteroatoms. The Kier molecular flexibility index (Phi) is 4.52. The van der Waals surface area contributed by atoms with Gasteiger partial charge < -0.3 is 0 Å². The lowest BCUT2D eigenvalue weighted by Crippen LogP contribution is -2.31. The van der Waals surface area contributed by atoms with Gasteiger partial charge in [0.25, 0.3) is 5.92 Å². The minimum Gasteiger partial charge on any atom is -0.206 e. The Morgan fingerprint density at radius 1 is 1.14 bits per heavy atom. The summed E-state index contributed by atoms with van der Waals surface area (Å²) in [6.45, 7) is 2.19. The van der Waals surface area contributed by atoms with Gasteiger partial charge in [0.15, 0.2) is 0 Å². The van der Waals surface area contributed by atoms with E-state index in [1.54, 1.807) is 12.1 Å². The molecule has 2 aliphatic carbocycles. The molecule has 0 spiro atoms. The molecule has 1 saturated carbocycles. The maximum absolute atomic E-state index is 14.7. The highest BCUT2D eigenvalue weighted by Crippen LogP contribution is 2.53. The van der Waals surface area contributed by atoms with Crippen LogP contribution in [-0.4, -0.2) is 0 Å². The van der Waals surface area contributed by atoms with Crippen molar-refractivity contribution in [2.45, 2.75) is 64.2 Å². The van der Waals surface area contributed by atoms with Crippen LogP contribution in [0.2, 0.25) is 0 Å². The van der Waals surface area contributed by atoms with Gasteiger partial charge in [0.2, 0.25) is 0 Å². The standard InChI is InChI=1S/C19H25F3/c1-2-3-5-13-8-10-14(11-9-13)16-12-15-6-4-7-17(20)18(15)19(16,21)22/h4,6-7,13-14,16H,2-3,5,8-12H2,1H3/t13?,14?,16-/m1/s1. The van der Waals surface area contributed by atoms with Crippen LogP contribution >= 0.6 is 0 Å². The van der Waals surface area contributed by atoms with Gasteiger partial charge in [-0.05, 0) is 42.7 Å². The predicted molar refractivity (Wildman–Crippen MR) is 82.5 cm³/mol. The number of fused-ring (bicyclic) bond motifs is 1. The highest BCUT2D eigenvalue weighted by Gasteiger charge is 2.53. The fraction of sp³-hybridized carbons (Fsp3) is 0.684. The van der Waals surface area contributed by atoms with E-state index in [0.29, 0.717) is 17.9 Å². The minimum absolute atomic E-state index is 0.0414. The number of benzene rings is 1. The second kappa shape index (κ2) is 6.25. The number of halogens is 3. The second-order valence-corrected chi connectivity index (χ2v) is 7.13. The number of rotatable bonds is 4. The highest BCUT2D eigenvalue weighted by molar-refractivity contribution is 5.38. The van der Waals surface area contributed by atoms with Crippen LogP contribution in [0.4, 0.5) is 13.2 Å². The van der Waals surface area contributed by atoms with Crippen LogP contribution < -0.4 is 0 Å². The summed E-state index contributed by atoms with van der Waals surface area (Å²) in [5.41, 5.74) is 0.191. The minimum atomic E-state index is -3.00. The van der Waals surface area contributed by atoms with Crippen molar-refractivity contribution in [2.75, 3.05) is 0 Å². The number of hydrogen-bond acceptors (Lipinski definition) is 0. The normalized spacial score (nSPS) is 30.3. The van der Waals surface area contributed by atoms with Gasteiger partial charge in [0.05, 0.1) is 5.56 Å². The summed E-state index contributed by atoms with van der Waals surface area (Å²) in [7, 11) is 0. The van der Waals surface area contributed by atoms with Gasteiger partial charge in [0, 0.05) is 5.92 Å². The van der Waals surface area contributed by atoms with Crippen molar-refractivity contribution in [2.24, 2.45) is 17.8 Å². The Labute approximate surface area is 131 Å². The van der Waals surface area contributed by atoms with Crippen molar-refractivity contribution in [3.05, 3.63) is 35.1 Å². The molecule has 0 radical (unpaired) electrons. The van der Waals surface area contributed by atoms with E-state index in [1.165, 1.54) is 19.3 Å². The van der Waals surface area contributed by atoms with Crippen LogP contribution in [0.15, 0.2) is 18.2 Å². The van der Waals surface area contributed by atoms with E-state index in [2.05, 4.69) is 6.92 Å². The second-order valence-electron chi connectivity index (χ2n) is 7.13. The average Bonchev–Trinajstić information content (AvgIpc) is 2.78. The molecular formula is C19H25F3. The first-order valence-electron chi connectivity index (χ1n) is 8.69. The van der Waals surface area contributed by atoms with Gasteiger partial charge in [-0.1, -0.05) is 51.2 Å². The van der Waals surface area contributed by atoms with Crippen LogP contribution in [-0.2, 0) is 12.3 Å². The summed E-state index contributed by atoms with van der Waals surface area (Å²) in [4.78, 5) is 0. The molecule has 0 nitrogen and oxygen atoms in total. The third-order valence-corrected chi connectivity index (χ3v) is 5.77. The van der Waals surface area contributed by atoms with Crippen molar-refractivity contribution in [1.82, 2.24) is 0 Å². The van der Waals surface area contributed by atoms with E-state index in [0.717, 1.165) is 31.7 Å². The average molecular weight is 310 g/mol. The Morgan fingerprint density at radius 3 is 2.50 bits per heavy atom. The monoisotopic (exact) mass is 310 g/mol. The molecule has 0 saturated heterocycles. The largest absolute Gasteiger partial charge is 0.279 e. The summed E-state index contributed by atoms with van der Waals surface area (Å²) in [6.07, 6.45) is 7.91. The van der Waals surface area contributed by atoms with E-state index in [1.807, 2.05) is 0 Å². The Bertz CT molecular complexity index is 515. The van der Waals surface area contributed by atoms with Crippen molar-refractivity contribution in [3.63, 3.8) is 0 Å². The molecule has 22 heavy (non-hydrogen) atoms. The van der Waals surface area contributed by atoms with E-state index < -0.39 is 17.7 Å². The molecule has 0 bridgehead atoms. The first kappa shape index (κ1) is 15.9. The first-order valence-corrected chi connectivity index (χ1v) is 8.69. The van der Waals surface area contributed by atoms with Crippen LogP contribution in [0.3, 0.4) is 0 Å². The molecule has 1 atom stereocenters. The molecule has 1 fully saturated rings. The third-order valence-electron chi connectivity index (χ3n) is 5.77. The van der Waals surface area contributed by atoms with Crippen molar-refractivity contribution in [1.29, 1.82) is 0 Å². The van der Waals surface area contributed by atoms with Crippen LogP contribution in [0.5, 0.6) is 0 Å². The fourth-order valence-electron chi connectivity index (χ4n) is 4.50. The molecule has 1 aromatic carbocycles. The number of hydrogen-bond donors (Lipinski definition) is 0. The predicted octanol–water partition coefficient (Wildman–Crippen LogP) is 6.09. The lowest BCUT2D eigenvalue weighted by molar-refractivity contribution is -0.0840. The van der Waals surface area contributed by atoms with Crippen LogP contribution in [0.25, 0.3) is 0 Å². The summed E-state index contributed by atoms with van der Waals surface area (Å²) in [5.74, 6) is -3.68. The summed E-state index contributed by atoms with van der Waals surface area (Å²) in [6, 6.07) is 4.38. The van der Waals surface area contributed by atoms with Crippen LogP contribution in [0.1, 0.15) is 63.0 Å². The van der Waals surface area contributed by atoms with Crippen LogP contribution in [0, 0.1) is 23.6 Å². The number of alkyl halides is 2. The molecule has 0 aliphatic heterocycles. The fourth-order valence-corrected chi connectivity index (χ4v) is 4.50. The zero-order valence-electron chi connectivity index (χ0n) is 13.3. The van der Waals surface area contributed by atoms with Gasteiger partial charge in [-0.2, -0.15) is 0 Å². The number of unbranched alkanes of at least 4 members (excludes halogenated alkanes) is 1. The zero-order valence-corrected chi connectivity index (χ0v) is 13.3. The van der Waals surface area contributed by atoms with E-state index in [-0.39, 0.29) is 11.5 Å². The van der Waals surface area contributed by atoms with Gasteiger partial charge >= 0.3 is 0 Å². The molecule has 0 amide bonds. The Balaban J connectivity index is 1.69. The maximum atomic E-state index is 14.7. The molecule has 0 heterocycles. The van der Waals surface area contributed by atoms with Gasteiger partial charge in [0.1, 0.15) is 5.82 Å². The topological polar surface area (TPSA) is 0 Å². The molecule has 1 aromatic rings. The molecule has 0 unspecified atom stereocenters. The molecule has 0 aromatic heterocycles. The van der Waals surface area contributed by atoms with Gasteiger partial charge in [-0.15, -0.1) is 0 Å². The third kappa shape index (κ3) is 2.79. The van der Waals surface area contributed by atoms with E-state index >= 15 is 0 Å².